The van der Waals surface area contributed by atoms with Crippen LogP contribution in [0.5, 0.6) is 0 Å². The third kappa shape index (κ3) is 8.93. The maximum absolute atomic E-state index is 12.0. The van der Waals surface area contributed by atoms with E-state index in [0.29, 0.717) is 55.7 Å². The summed E-state index contributed by atoms with van der Waals surface area (Å²) in [5, 5.41) is 23.2. The van der Waals surface area contributed by atoms with Crippen LogP contribution in [-0.4, -0.2) is 93.6 Å². The van der Waals surface area contributed by atoms with E-state index < -0.39 is 5.79 Å². The molecule has 1 aliphatic rings. The number of aliphatic hydroxyl groups excluding tert-OH is 1. The van der Waals surface area contributed by atoms with Gasteiger partial charge in [-0.3, -0.25) is 0 Å². The van der Waals surface area contributed by atoms with Crippen LogP contribution >= 0.6 is 0 Å². The molecule has 2 aromatic heterocycles. The summed E-state index contributed by atoms with van der Waals surface area (Å²) in [6, 6.07) is 0. The van der Waals surface area contributed by atoms with E-state index in [4.69, 9.17) is 24.8 Å². The van der Waals surface area contributed by atoms with Gasteiger partial charge in [-0.25, -0.2) is 0 Å². The van der Waals surface area contributed by atoms with Crippen LogP contribution in [0, 0.1) is 5.92 Å². The summed E-state index contributed by atoms with van der Waals surface area (Å²) >= 11 is 0.500. The normalized spacial score (nSPS) is 20.2. The van der Waals surface area contributed by atoms with Crippen molar-refractivity contribution >= 4 is 43.2 Å². The number of aromatic amines is 1. The molecule has 0 saturated carbocycles. The van der Waals surface area contributed by atoms with E-state index in [1.54, 1.807) is 13.4 Å². The Morgan fingerprint density at radius 1 is 1.40 bits per heavy atom. The van der Waals surface area contributed by atoms with Crippen LogP contribution in [0.25, 0.3) is 11.2 Å². The Labute approximate surface area is 193 Å². The van der Waals surface area contributed by atoms with Crippen LogP contribution in [0.15, 0.2) is 11.1 Å². The van der Waals surface area contributed by atoms with Gasteiger partial charge in [0.2, 0.25) is 0 Å². The molecule has 0 amide bonds. The zero-order valence-corrected chi connectivity index (χ0v) is 23.2. The van der Waals surface area contributed by atoms with Crippen LogP contribution < -0.4 is 8.69 Å². The number of fused-ring (bicyclic) bond motifs is 1. The SMILES string of the molecule is CC.CC(C)(O)O.CO.COCC1CC(C)C(n2cnc3c(=O)[nH]c([NH][Tl])nc32)O1. The summed E-state index contributed by atoms with van der Waals surface area (Å²) in [6.07, 6.45) is 2.43. The van der Waals surface area contributed by atoms with Gasteiger partial charge in [0.15, 0.2) is 5.79 Å². The molecule has 30 heavy (non-hydrogen) atoms. The summed E-state index contributed by atoms with van der Waals surface area (Å²) in [7, 11) is 2.67. The van der Waals surface area contributed by atoms with E-state index >= 15 is 0 Å². The second-order valence-electron chi connectivity index (χ2n) is 6.69. The van der Waals surface area contributed by atoms with E-state index in [-0.39, 0.29) is 17.9 Å². The number of rotatable bonds is 4. The van der Waals surface area contributed by atoms with E-state index in [1.807, 2.05) is 18.4 Å². The van der Waals surface area contributed by atoms with Gasteiger partial charge in [-0.05, 0) is 13.8 Å². The van der Waals surface area contributed by atoms with Crippen molar-refractivity contribution in [1.29, 1.82) is 0 Å². The number of hydrogen-bond donors (Lipinski definition) is 5. The molecule has 3 heterocycles. The molecule has 0 bridgehead atoms. The first kappa shape index (κ1) is 28.9. The average Bonchev–Trinajstić information content (AvgIpc) is 3.27. The van der Waals surface area contributed by atoms with Gasteiger partial charge in [0.1, 0.15) is 0 Å². The molecule has 2 aromatic rings. The van der Waals surface area contributed by atoms with Crippen molar-refractivity contribution in [3.05, 3.63) is 16.7 Å². The first-order chi connectivity index (χ1) is 14.1. The zero-order chi connectivity index (χ0) is 23.5. The first-order valence-corrected chi connectivity index (χ1v) is 11.9. The third-order valence-corrected chi connectivity index (χ3v) is 4.71. The molecule has 5 N–H and O–H groups in total. The van der Waals surface area contributed by atoms with E-state index in [0.717, 1.165) is 13.5 Å². The van der Waals surface area contributed by atoms with Crippen molar-refractivity contribution in [3.8, 4) is 0 Å². The van der Waals surface area contributed by atoms with E-state index in [1.165, 1.54) is 13.8 Å². The van der Waals surface area contributed by atoms with Crippen molar-refractivity contribution in [2.45, 2.75) is 59.2 Å². The van der Waals surface area contributed by atoms with Gasteiger partial charge in [-0.15, -0.1) is 0 Å². The minimum atomic E-state index is -1.50. The average molecular weight is 621 g/mol. The third-order valence-electron chi connectivity index (χ3n) is 3.65. The van der Waals surface area contributed by atoms with Crippen molar-refractivity contribution in [2.24, 2.45) is 5.92 Å². The number of aromatic nitrogens is 4. The number of nitrogens with zero attached hydrogens (tertiary/aromatic N) is 3. The molecule has 3 unspecified atom stereocenters. The molecule has 0 aliphatic carbocycles. The molecule has 0 spiro atoms. The summed E-state index contributed by atoms with van der Waals surface area (Å²) < 4.78 is 16.0. The molecule has 12 heteroatoms. The predicted molar refractivity (Wildman–Crippen MR) is 115 cm³/mol. The monoisotopic (exact) mass is 621 g/mol. The molecular formula is C18H34N5O6Tl. The molecule has 1 saturated heterocycles. The van der Waals surface area contributed by atoms with E-state index in [9.17, 15) is 4.79 Å². The molecule has 11 nitrogen and oxygen atoms in total. The molecule has 1 fully saturated rings. The second kappa shape index (κ2) is 14.0. The fourth-order valence-electron chi connectivity index (χ4n) is 2.73. The Hall–Kier alpha value is -1.13. The van der Waals surface area contributed by atoms with Gasteiger partial charge < -0.3 is 15.3 Å². The molecule has 0 aromatic carbocycles. The van der Waals surface area contributed by atoms with Crippen molar-refractivity contribution in [3.63, 3.8) is 0 Å². The van der Waals surface area contributed by atoms with Crippen LogP contribution in [0.3, 0.4) is 0 Å². The van der Waals surface area contributed by atoms with Crippen LogP contribution in [0.1, 0.15) is 47.3 Å². The Bertz CT molecular complexity index is 785. The Kier molecular flexibility index (Phi) is 13.5. The number of methoxy groups -OCH3 is 1. The zero-order valence-electron chi connectivity index (χ0n) is 18.7. The number of aliphatic hydroxyl groups is 3. The van der Waals surface area contributed by atoms with Crippen LogP contribution in [-0.2, 0) is 9.47 Å². The summed E-state index contributed by atoms with van der Waals surface area (Å²) in [5.74, 6) is -0.712. The first-order valence-electron chi connectivity index (χ1n) is 9.61. The van der Waals surface area contributed by atoms with Gasteiger partial charge in [0.05, 0.1) is 0 Å². The summed E-state index contributed by atoms with van der Waals surface area (Å²) in [5.41, 5.74) is 0.655. The number of ether oxygens (including phenoxy) is 2. The fourth-order valence-corrected chi connectivity index (χ4v) is 3.26. The van der Waals surface area contributed by atoms with Crippen molar-refractivity contribution in [1.82, 2.24) is 19.5 Å². The minimum absolute atomic E-state index is 0.0621. The standard InChI is InChI=1S/C12H17N5O3.C3H8O2.C2H6.CH4O.Tl/c1-6-3-7(4-19-2)20-11(6)17-5-14-8-9(17)15-12(13)16-10(8)18;1-3(2,4)5;2*1-2;/h5-7,11H,3-4H2,1-2H3,(H3,13,15,16,18);4-5H,1-2H3;1-2H3;2H,1H3;/q;;;;+1/p-1. The summed E-state index contributed by atoms with van der Waals surface area (Å²) in [4.78, 5) is 23.3. The number of hydrogen-bond acceptors (Lipinski definition) is 9. The van der Waals surface area contributed by atoms with Gasteiger partial charge in [0, 0.05) is 7.11 Å². The van der Waals surface area contributed by atoms with Crippen molar-refractivity contribution in [2.75, 3.05) is 24.0 Å². The Morgan fingerprint density at radius 3 is 2.47 bits per heavy atom. The number of H-pyrrole nitrogens is 1. The number of anilines is 1. The molecule has 0 radical (unpaired) electrons. The molecule has 1 aliphatic heterocycles. The number of imidazole rings is 1. The van der Waals surface area contributed by atoms with E-state index in [2.05, 4.69) is 25.0 Å². The van der Waals surface area contributed by atoms with Gasteiger partial charge in [-0.2, -0.15) is 0 Å². The Morgan fingerprint density at radius 2 is 1.97 bits per heavy atom. The van der Waals surface area contributed by atoms with Crippen LogP contribution in [0.2, 0.25) is 0 Å². The second-order valence-corrected chi connectivity index (χ2v) is 7.82. The maximum atomic E-state index is 12.0. The number of nitrogens with one attached hydrogen (secondary N) is 2. The predicted octanol–water partition coefficient (Wildman–Crippen LogP) is 0.527. The molecular weight excluding hydrogens is 587 g/mol. The quantitative estimate of drug-likeness (QED) is 0.243. The van der Waals surface area contributed by atoms with Gasteiger partial charge in [-0.1, -0.05) is 13.8 Å². The molecule has 3 atom stereocenters. The Balaban J connectivity index is 0.000000808. The van der Waals surface area contributed by atoms with Gasteiger partial charge in [0.25, 0.3) is 0 Å². The molecule has 170 valence electrons. The summed E-state index contributed by atoms with van der Waals surface area (Å²) in [6.45, 7) is 9.28. The molecule has 3 rings (SSSR count). The van der Waals surface area contributed by atoms with Crippen molar-refractivity contribution < 1.29 is 24.8 Å². The van der Waals surface area contributed by atoms with Gasteiger partial charge >= 0.3 is 137 Å². The topological polar surface area (TPSA) is 155 Å². The fraction of sp³-hybridized carbons (Fsp3) is 0.722. The van der Waals surface area contributed by atoms with Crippen LogP contribution in [0.4, 0.5) is 5.95 Å².